The first-order valence-corrected chi connectivity index (χ1v) is 14.7. The lowest BCUT2D eigenvalue weighted by Gasteiger charge is -2.28. The van der Waals surface area contributed by atoms with Crippen molar-refractivity contribution in [2.24, 2.45) is 0 Å². The zero-order valence-corrected chi connectivity index (χ0v) is 24.9. The van der Waals surface area contributed by atoms with Gasteiger partial charge in [0.05, 0.1) is 25.2 Å². The maximum absolute atomic E-state index is 13.4. The zero-order chi connectivity index (χ0) is 28.4. The lowest BCUT2D eigenvalue weighted by atomic mass is 9.99. The predicted octanol–water partition coefficient (Wildman–Crippen LogP) is 5.71. The van der Waals surface area contributed by atoms with Crippen LogP contribution in [-0.4, -0.2) is 49.8 Å². The van der Waals surface area contributed by atoms with Crippen molar-refractivity contribution in [3.63, 3.8) is 0 Å². The lowest BCUT2D eigenvalue weighted by Crippen LogP contribution is -2.25. The normalized spacial score (nSPS) is 14.9. The number of methoxy groups -OCH3 is 2. The van der Waals surface area contributed by atoms with Crippen LogP contribution in [0, 0.1) is 20.8 Å². The van der Waals surface area contributed by atoms with Crippen molar-refractivity contribution in [3.8, 4) is 22.9 Å². The molecule has 0 saturated heterocycles. The summed E-state index contributed by atoms with van der Waals surface area (Å²) >= 11 is 1.68. The van der Waals surface area contributed by atoms with Crippen LogP contribution in [-0.2, 0) is 30.6 Å². The van der Waals surface area contributed by atoms with E-state index < -0.39 is 0 Å². The van der Waals surface area contributed by atoms with Gasteiger partial charge in [0.15, 0.2) is 23.1 Å². The van der Waals surface area contributed by atoms with Gasteiger partial charge in [0.25, 0.3) is 0 Å². The molecule has 40 heavy (non-hydrogen) atoms. The Kier molecular flexibility index (Phi) is 8.30. The number of hydrogen-bond acceptors (Lipinski definition) is 7. The number of Topliss-reactive ketones (excluding diaryl/α,β-unsaturated/α-hetero) is 1. The van der Waals surface area contributed by atoms with E-state index in [9.17, 15) is 4.79 Å². The molecule has 3 heterocycles. The van der Waals surface area contributed by atoms with Crippen molar-refractivity contribution in [2.75, 3.05) is 14.2 Å². The van der Waals surface area contributed by atoms with Crippen LogP contribution in [0.3, 0.4) is 0 Å². The highest BCUT2D eigenvalue weighted by molar-refractivity contribution is 8.00. The Morgan fingerprint density at radius 1 is 1.05 bits per heavy atom. The average Bonchev–Trinajstić information content (AvgIpc) is 3.52. The molecule has 0 fully saturated rings. The fraction of sp³-hybridized carbons (Fsp3) is 0.419. The van der Waals surface area contributed by atoms with Crippen molar-refractivity contribution in [2.45, 2.75) is 70.5 Å². The van der Waals surface area contributed by atoms with Gasteiger partial charge >= 0.3 is 0 Å². The highest BCUT2D eigenvalue weighted by atomic mass is 32.2. The molecule has 0 amide bonds. The van der Waals surface area contributed by atoms with E-state index in [-0.39, 0.29) is 16.4 Å². The van der Waals surface area contributed by atoms with Crippen LogP contribution in [0.15, 0.2) is 42.5 Å². The number of ketones is 1. The second-order valence-corrected chi connectivity index (χ2v) is 11.8. The van der Waals surface area contributed by atoms with E-state index in [2.05, 4.69) is 44.1 Å². The highest BCUT2D eigenvalue weighted by Crippen LogP contribution is 2.44. The van der Waals surface area contributed by atoms with Gasteiger partial charge in [-0.15, -0.1) is 11.8 Å². The minimum Gasteiger partial charge on any atom is -0.493 e. The topological polar surface area (TPSA) is 84.1 Å². The van der Waals surface area contributed by atoms with Gasteiger partial charge in [-0.25, -0.2) is 9.67 Å². The molecule has 2 atom stereocenters. The van der Waals surface area contributed by atoms with Crippen LogP contribution in [0.4, 0.5) is 0 Å². The van der Waals surface area contributed by atoms with E-state index in [0.29, 0.717) is 37.3 Å². The van der Waals surface area contributed by atoms with E-state index in [4.69, 9.17) is 19.6 Å². The maximum Gasteiger partial charge on any atom is 0.161 e. The Labute approximate surface area is 240 Å². The van der Waals surface area contributed by atoms with Gasteiger partial charge in [0.2, 0.25) is 0 Å². The van der Waals surface area contributed by atoms with Gasteiger partial charge in [0.1, 0.15) is 11.2 Å². The molecule has 1 aliphatic rings. The molecule has 0 radical (unpaired) electrons. The fourth-order valence-electron chi connectivity index (χ4n) is 5.25. The number of aryl methyl sites for hydroxylation is 5. The van der Waals surface area contributed by atoms with Crippen molar-refractivity contribution < 1.29 is 14.3 Å². The molecule has 2 unspecified atom stereocenters. The van der Waals surface area contributed by atoms with Crippen LogP contribution >= 0.6 is 11.8 Å². The second kappa shape index (κ2) is 11.9. The second-order valence-electron chi connectivity index (χ2n) is 10.4. The van der Waals surface area contributed by atoms with Crippen molar-refractivity contribution in [1.29, 1.82) is 0 Å². The summed E-state index contributed by atoms with van der Waals surface area (Å²) in [6.45, 7) is 8.90. The van der Waals surface area contributed by atoms with Crippen LogP contribution in [0.25, 0.3) is 11.4 Å². The molecule has 0 aliphatic carbocycles. The highest BCUT2D eigenvalue weighted by Gasteiger charge is 2.33. The summed E-state index contributed by atoms with van der Waals surface area (Å²) in [6.07, 6.45) is 2.55. The number of fused-ring (bicyclic) bond motifs is 3. The number of rotatable bonds is 11. The first-order valence-electron chi connectivity index (χ1n) is 13.7. The monoisotopic (exact) mass is 559 g/mol. The summed E-state index contributed by atoms with van der Waals surface area (Å²) in [6, 6.07) is 14.3. The summed E-state index contributed by atoms with van der Waals surface area (Å²) in [5, 5.41) is 9.36. The standard InChI is InChI=1S/C31H37N5O3S/c1-7-28(25(37)15-22-10-8-19(2)9-11-22)40-30-17-23-16-26(38-5)27(39-6)18-24(23)31-32-29(34-36(30)31)12-13-35-21(4)14-20(3)33-35/h8-11,14,16,18,28,30H,7,12-13,15,17H2,1-6H3. The molecule has 2 aromatic carbocycles. The third-order valence-corrected chi connectivity index (χ3v) is 9.00. The molecule has 0 bridgehead atoms. The largest absolute Gasteiger partial charge is 0.493 e. The van der Waals surface area contributed by atoms with E-state index in [1.165, 1.54) is 5.56 Å². The molecule has 5 rings (SSSR count). The molecule has 0 N–H and O–H groups in total. The lowest BCUT2D eigenvalue weighted by molar-refractivity contribution is -0.118. The number of thioether (sulfide) groups is 1. The maximum atomic E-state index is 13.4. The van der Waals surface area contributed by atoms with Crippen LogP contribution in [0.1, 0.15) is 52.6 Å². The number of benzene rings is 2. The Morgan fingerprint density at radius 2 is 1.77 bits per heavy atom. The van der Waals surface area contributed by atoms with Gasteiger partial charge in [0, 0.05) is 37.1 Å². The van der Waals surface area contributed by atoms with Crippen molar-refractivity contribution >= 4 is 17.5 Å². The van der Waals surface area contributed by atoms with E-state index in [1.54, 1.807) is 26.0 Å². The van der Waals surface area contributed by atoms with Crippen molar-refractivity contribution in [3.05, 3.63) is 76.4 Å². The minimum absolute atomic E-state index is 0.0672. The first-order chi connectivity index (χ1) is 19.3. The molecule has 1 aliphatic heterocycles. The predicted molar refractivity (Wildman–Crippen MR) is 158 cm³/mol. The van der Waals surface area contributed by atoms with Gasteiger partial charge in [-0.2, -0.15) is 10.2 Å². The molecular weight excluding hydrogens is 522 g/mol. The molecule has 8 nitrogen and oxygen atoms in total. The Morgan fingerprint density at radius 3 is 2.42 bits per heavy atom. The number of hydrogen-bond donors (Lipinski definition) is 0. The Balaban J connectivity index is 1.44. The zero-order valence-electron chi connectivity index (χ0n) is 24.1. The first kappa shape index (κ1) is 28.0. The van der Waals surface area contributed by atoms with Crippen LogP contribution < -0.4 is 9.47 Å². The average molecular weight is 560 g/mol. The van der Waals surface area contributed by atoms with Crippen molar-refractivity contribution in [1.82, 2.24) is 24.5 Å². The number of carbonyl (C=O) groups excluding carboxylic acids is 1. The summed E-state index contributed by atoms with van der Waals surface area (Å²) in [5.74, 6) is 3.13. The van der Waals surface area contributed by atoms with E-state index in [1.807, 2.05) is 40.6 Å². The summed E-state index contributed by atoms with van der Waals surface area (Å²) < 4.78 is 15.2. The molecule has 9 heteroatoms. The molecular formula is C31H37N5O3S. The number of nitrogens with zero attached hydrogens (tertiary/aromatic N) is 5. The fourth-order valence-corrected chi connectivity index (χ4v) is 6.60. The quantitative estimate of drug-likeness (QED) is 0.233. The Hall–Kier alpha value is -3.59. The number of aromatic nitrogens is 5. The molecule has 2 aromatic heterocycles. The molecule has 0 saturated carbocycles. The van der Waals surface area contributed by atoms with Gasteiger partial charge in [-0.05, 0) is 56.5 Å². The van der Waals surface area contributed by atoms with Crippen LogP contribution in [0.2, 0.25) is 0 Å². The Bertz CT molecular complexity index is 1510. The van der Waals surface area contributed by atoms with Gasteiger partial charge in [-0.3, -0.25) is 9.48 Å². The summed E-state index contributed by atoms with van der Waals surface area (Å²) in [4.78, 5) is 18.4. The molecule has 0 spiro atoms. The van der Waals surface area contributed by atoms with Crippen LogP contribution in [0.5, 0.6) is 11.5 Å². The minimum atomic E-state index is -0.150. The molecule has 210 valence electrons. The summed E-state index contributed by atoms with van der Waals surface area (Å²) in [5.41, 5.74) is 6.46. The van der Waals surface area contributed by atoms with Gasteiger partial charge < -0.3 is 9.47 Å². The van der Waals surface area contributed by atoms with E-state index >= 15 is 0 Å². The number of ether oxygens (including phenoxy) is 2. The number of carbonyl (C=O) groups is 1. The third-order valence-electron chi connectivity index (χ3n) is 7.39. The third kappa shape index (κ3) is 5.80. The molecule has 4 aromatic rings. The smallest absolute Gasteiger partial charge is 0.161 e. The van der Waals surface area contributed by atoms with E-state index in [0.717, 1.165) is 46.1 Å². The van der Waals surface area contributed by atoms with Gasteiger partial charge in [-0.1, -0.05) is 36.8 Å². The summed E-state index contributed by atoms with van der Waals surface area (Å²) in [7, 11) is 3.29. The SMILES string of the molecule is CCC(SC1Cc2cc(OC)c(OC)cc2-c2nc(CCn3nc(C)cc3C)nn21)C(=O)Cc1ccc(C)cc1.